The number of sulfonamides is 1. The first-order valence-electron chi connectivity index (χ1n) is 10.7. The maximum Gasteiger partial charge on any atom is 0.261 e. The van der Waals surface area contributed by atoms with Gasteiger partial charge >= 0.3 is 0 Å². The predicted octanol–water partition coefficient (Wildman–Crippen LogP) is 2.37. The molecule has 0 radical (unpaired) electrons. The Morgan fingerprint density at radius 3 is 2.31 bits per heavy atom. The van der Waals surface area contributed by atoms with Crippen LogP contribution in [-0.2, 0) is 19.6 Å². The monoisotopic (exact) mass is 462 g/mol. The average Bonchev–Trinajstić information content (AvgIpc) is 2.82. The zero-order valence-electron chi connectivity index (χ0n) is 18.5. The zero-order chi connectivity index (χ0) is 23.0. The van der Waals surface area contributed by atoms with Crippen LogP contribution in [0.15, 0.2) is 53.4 Å². The maximum absolute atomic E-state index is 12.6. The minimum atomic E-state index is -3.53. The minimum absolute atomic E-state index is 0.205. The number of carbonyl (C=O) groups excluding carboxylic acids is 1. The molecule has 0 unspecified atom stereocenters. The summed E-state index contributed by atoms with van der Waals surface area (Å²) < 4.78 is 43.3. The molecule has 0 spiro atoms. The van der Waals surface area contributed by atoms with Crippen LogP contribution in [0.2, 0.25) is 0 Å². The largest absolute Gasteiger partial charge is 0.492 e. The summed E-state index contributed by atoms with van der Waals surface area (Å²) in [5.41, 5.74) is 1.12. The Labute approximate surface area is 189 Å². The Balaban J connectivity index is 1.44. The van der Waals surface area contributed by atoms with Gasteiger partial charge in [0.25, 0.3) is 5.91 Å². The van der Waals surface area contributed by atoms with E-state index in [2.05, 4.69) is 5.32 Å². The van der Waals surface area contributed by atoms with Crippen molar-refractivity contribution >= 4 is 15.9 Å². The first-order valence-corrected chi connectivity index (χ1v) is 12.2. The van der Waals surface area contributed by atoms with Crippen molar-refractivity contribution in [2.45, 2.75) is 31.3 Å². The molecule has 1 heterocycles. The van der Waals surface area contributed by atoms with E-state index in [1.165, 1.54) is 16.4 Å². The van der Waals surface area contributed by atoms with Gasteiger partial charge in [0.1, 0.15) is 18.1 Å². The van der Waals surface area contributed by atoms with E-state index >= 15 is 0 Å². The second kappa shape index (κ2) is 11.3. The highest BCUT2D eigenvalue weighted by atomic mass is 32.2. The topological polar surface area (TPSA) is 94.2 Å². The molecular formula is C23H30N2O6S. The lowest BCUT2D eigenvalue weighted by Gasteiger charge is -2.26. The Morgan fingerprint density at radius 2 is 1.69 bits per heavy atom. The third kappa shape index (κ3) is 6.44. The number of rotatable bonds is 10. The Morgan fingerprint density at radius 1 is 1.06 bits per heavy atom. The lowest BCUT2D eigenvalue weighted by Crippen LogP contribution is -2.40. The molecule has 1 atom stereocenters. The second-order valence-electron chi connectivity index (χ2n) is 7.46. The van der Waals surface area contributed by atoms with Crippen molar-refractivity contribution in [2.24, 2.45) is 0 Å². The van der Waals surface area contributed by atoms with Gasteiger partial charge in [0.2, 0.25) is 10.0 Å². The summed E-state index contributed by atoms with van der Waals surface area (Å²) in [7, 11) is -3.53. The molecule has 2 aromatic carbocycles. The normalized spacial score (nSPS) is 15.7. The molecule has 1 amide bonds. The fourth-order valence-electron chi connectivity index (χ4n) is 3.20. The van der Waals surface area contributed by atoms with Crippen molar-refractivity contribution in [1.82, 2.24) is 9.62 Å². The lowest BCUT2D eigenvalue weighted by atomic mass is 10.2. The molecular weight excluding hydrogens is 432 g/mol. The molecule has 9 heteroatoms. The predicted molar refractivity (Wildman–Crippen MR) is 120 cm³/mol. The van der Waals surface area contributed by atoms with Crippen LogP contribution in [0.5, 0.6) is 11.5 Å². The van der Waals surface area contributed by atoms with Crippen LogP contribution in [-0.4, -0.2) is 64.2 Å². The highest BCUT2D eigenvalue weighted by Gasteiger charge is 2.26. The number of nitrogens with zero attached hydrogens (tertiary/aromatic N) is 1. The summed E-state index contributed by atoms with van der Waals surface area (Å²) in [4.78, 5) is 12.6. The van der Waals surface area contributed by atoms with E-state index < -0.39 is 16.1 Å². The molecule has 1 aliphatic rings. The van der Waals surface area contributed by atoms with Crippen LogP contribution < -0.4 is 14.8 Å². The van der Waals surface area contributed by atoms with E-state index in [4.69, 9.17) is 14.2 Å². The van der Waals surface area contributed by atoms with Crippen LogP contribution in [0.3, 0.4) is 0 Å². The van der Waals surface area contributed by atoms with Crippen LogP contribution >= 0.6 is 0 Å². The number of amides is 1. The molecule has 1 saturated heterocycles. The molecule has 1 fully saturated rings. The molecule has 1 aliphatic heterocycles. The van der Waals surface area contributed by atoms with E-state index in [0.29, 0.717) is 50.8 Å². The fourth-order valence-corrected chi connectivity index (χ4v) is 4.61. The summed E-state index contributed by atoms with van der Waals surface area (Å²) in [6, 6.07) is 13.8. The van der Waals surface area contributed by atoms with Crippen molar-refractivity contribution in [3.63, 3.8) is 0 Å². The quantitative estimate of drug-likeness (QED) is 0.545. The summed E-state index contributed by atoms with van der Waals surface area (Å²) in [5.74, 6) is 0.979. The smallest absolute Gasteiger partial charge is 0.261 e. The average molecular weight is 463 g/mol. The molecule has 1 N–H and O–H groups in total. The summed E-state index contributed by atoms with van der Waals surface area (Å²) in [6.45, 7) is 5.95. The zero-order valence-corrected chi connectivity index (χ0v) is 19.3. The number of ether oxygens (including phenoxy) is 3. The number of aryl methyl sites for hydroxylation is 1. The Hall–Kier alpha value is -2.62. The molecule has 0 aliphatic carbocycles. The van der Waals surface area contributed by atoms with E-state index in [0.717, 1.165) is 5.56 Å². The fraction of sp³-hybridized carbons (Fsp3) is 0.435. The number of benzene rings is 2. The highest BCUT2D eigenvalue weighted by Crippen LogP contribution is 2.20. The van der Waals surface area contributed by atoms with Crippen molar-refractivity contribution in [3.8, 4) is 11.5 Å². The molecule has 0 aromatic heterocycles. The number of carbonyl (C=O) groups is 1. The molecule has 32 heavy (non-hydrogen) atoms. The highest BCUT2D eigenvalue weighted by molar-refractivity contribution is 7.89. The first kappa shape index (κ1) is 24.0. The number of morpholine rings is 1. The van der Waals surface area contributed by atoms with Crippen LogP contribution in [0.25, 0.3) is 0 Å². The first-order chi connectivity index (χ1) is 15.4. The van der Waals surface area contributed by atoms with E-state index in [1.807, 2.05) is 38.1 Å². The SMILES string of the molecule is CC[C@H](Oc1ccc(C)cc1)C(=O)NCCOc1ccc(S(=O)(=O)N2CCOCC2)cc1. The molecule has 0 bridgehead atoms. The lowest BCUT2D eigenvalue weighted by molar-refractivity contribution is -0.128. The van der Waals surface area contributed by atoms with Crippen molar-refractivity contribution in [2.75, 3.05) is 39.5 Å². The van der Waals surface area contributed by atoms with Gasteiger partial charge in [-0.1, -0.05) is 24.6 Å². The third-order valence-electron chi connectivity index (χ3n) is 5.06. The maximum atomic E-state index is 12.6. The van der Waals surface area contributed by atoms with Gasteiger partial charge in [-0.05, 0) is 49.7 Å². The Kier molecular flexibility index (Phi) is 8.49. The number of hydrogen-bond donors (Lipinski definition) is 1. The van der Waals surface area contributed by atoms with Gasteiger partial charge in [0.15, 0.2) is 6.10 Å². The van der Waals surface area contributed by atoms with Crippen molar-refractivity contribution in [1.29, 1.82) is 0 Å². The summed E-state index contributed by atoms with van der Waals surface area (Å²) >= 11 is 0. The number of hydrogen-bond acceptors (Lipinski definition) is 6. The van der Waals surface area contributed by atoms with Crippen molar-refractivity contribution in [3.05, 3.63) is 54.1 Å². The van der Waals surface area contributed by atoms with Gasteiger partial charge in [0.05, 0.1) is 24.7 Å². The second-order valence-corrected chi connectivity index (χ2v) is 9.39. The number of nitrogens with one attached hydrogen (secondary N) is 1. The van der Waals surface area contributed by atoms with Crippen LogP contribution in [0.1, 0.15) is 18.9 Å². The van der Waals surface area contributed by atoms with Gasteiger partial charge in [-0.3, -0.25) is 4.79 Å². The molecule has 3 rings (SSSR count). The van der Waals surface area contributed by atoms with Gasteiger partial charge in [-0.25, -0.2) is 8.42 Å². The molecule has 174 valence electrons. The van der Waals surface area contributed by atoms with Gasteiger partial charge in [0, 0.05) is 13.1 Å². The minimum Gasteiger partial charge on any atom is -0.492 e. The van der Waals surface area contributed by atoms with Gasteiger partial charge in [-0.15, -0.1) is 0 Å². The van der Waals surface area contributed by atoms with Crippen LogP contribution in [0, 0.1) is 6.92 Å². The molecule has 2 aromatic rings. The van der Waals surface area contributed by atoms with E-state index in [-0.39, 0.29) is 17.4 Å². The standard InChI is InChI=1S/C23H30N2O6S/c1-3-22(31-20-6-4-18(2)5-7-20)23(26)24-12-15-30-19-8-10-21(11-9-19)32(27,28)25-13-16-29-17-14-25/h4-11,22H,3,12-17H2,1-2H3,(H,24,26)/t22-/m0/s1. The van der Waals surface area contributed by atoms with Gasteiger partial charge in [-0.2, -0.15) is 4.31 Å². The van der Waals surface area contributed by atoms with E-state index in [1.54, 1.807) is 12.1 Å². The third-order valence-corrected chi connectivity index (χ3v) is 6.98. The summed E-state index contributed by atoms with van der Waals surface area (Å²) in [6.07, 6.45) is -0.0398. The Bertz CT molecular complexity index is 971. The molecule has 8 nitrogen and oxygen atoms in total. The van der Waals surface area contributed by atoms with Crippen LogP contribution in [0.4, 0.5) is 0 Å². The summed E-state index contributed by atoms with van der Waals surface area (Å²) in [5, 5.41) is 2.81. The van der Waals surface area contributed by atoms with Gasteiger partial charge < -0.3 is 19.5 Å². The van der Waals surface area contributed by atoms with E-state index in [9.17, 15) is 13.2 Å². The molecule has 0 saturated carbocycles. The van der Waals surface area contributed by atoms with Crippen molar-refractivity contribution < 1.29 is 27.4 Å².